The quantitative estimate of drug-likeness (QED) is 0.640. The third-order valence-electron chi connectivity index (χ3n) is 2.98. The lowest BCUT2D eigenvalue weighted by Gasteiger charge is -2.45. The molecule has 3 rings (SSSR count). The molecule has 0 aromatic carbocycles. The summed E-state index contributed by atoms with van der Waals surface area (Å²) < 4.78 is 22.8. The summed E-state index contributed by atoms with van der Waals surface area (Å²) in [6.07, 6.45) is 1.27. The van der Waals surface area contributed by atoms with Gasteiger partial charge in [0, 0.05) is 13.1 Å². The van der Waals surface area contributed by atoms with Crippen LogP contribution < -0.4 is 5.73 Å². The highest BCUT2D eigenvalue weighted by molar-refractivity contribution is 7.95. The van der Waals surface area contributed by atoms with Crippen molar-refractivity contribution in [3.8, 4) is 0 Å². The molecule has 6 heteroatoms. The van der Waals surface area contributed by atoms with Crippen molar-refractivity contribution >= 4 is 15.7 Å². The van der Waals surface area contributed by atoms with E-state index >= 15 is 0 Å². The van der Waals surface area contributed by atoms with Gasteiger partial charge in [-0.1, -0.05) is 0 Å². The Labute approximate surface area is 83.2 Å². The van der Waals surface area contributed by atoms with E-state index in [0.717, 1.165) is 6.42 Å². The molecule has 0 saturated carbocycles. The Morgan fingerprint density at radius 3 is 2.71 bits per heavy atom. The summed E-state index contributed by atoms with van der Waals surface area (Å²) in [6, 6.07) is 0. The molecule has 14 heavy (non-hydrogen) atoms. The summed E-state index contributed by atoms with van der Waals surface area (Å²) in [6.45, 7) is 1.50. The number of rotatable bonds is 3. The van der Waals surface area contributed by atoms with Crippen molar-refractivity contribution in [3.05, 3.63) is 0 Å². The highest BCUT2D eigenvalue weighted by Crippen LogP contribution is 2.36. The first-order valence-electron chi connectivity index (χ1n) is 4.79. The molecule has 3 aliphatic heterocycles. The number of piperidine rings is 1. The second-order valence-corrected chi connectivity index (χ2v) is 6.28. The molecule has 0 aliphatic carbocycles. The number of nitrogens with zero attached hydrogens (tertiary/aromatic N) is 1. The van der Waals surface area contributed by atoms with Crippen molar-refractivity contribution in [3.63, 3.8) is 0 Å². The summed E-state index contributed by atoms with van der Waals surface area (Å²) >= 11 is 0. The molecule has 1 amide bonds. The molecule has 5 nitrogen and oxygen atoms in total. The molecule has 0 aromatic rings. The summed E-state index contributed by atoms with van der Waals surface area (Å²) in [5, 5.41) is -1.04. The Morgan fingerprint density at radius 2 is 2.21 bits per heavy atom. The van der Waals surface area contributed by atoms with Gasteiger partial charge in [-0.3, -0.25) is 4.79 Å². The fourth-order valence-electron chi connectivity index (χ4n) is 2.06. The molecule has 2 bridgehead atoms. The predicted molar refractivity (Wildman–Crippen MR) is 51.4 cm³/mol. The predicted octanol–water partition coefficient (Wildman–Crippen LogP) is -1.27. The van der Waals surface area contributed by atoms with E-state index in [4.69, 9.17) is 5.73 Å². The number of carbonyl (C=O) groups excluding carboxylic acids is 1. The van der Waals surface area contributed by atoms with Gasteiger partial charge in [0.15, 0.2) is 9.84 Å². The molecular weight excluding hydrogens is 204 g/mol. The first kappa shape index (κ1) is 9.92. The highest BCUT2D eigenvalue weighted by atomic mass is 32.2. The minimum atomic E-state index is -3.09. The van der Waals surface area contributed by atoms with Crippen molar-refractivity contribution in [2.45, 2.75) is 23.3 Å². The maximum atomic E-state index is 11.6. The zero-order valence-corrected chi connectivity index (χ0v) is 8.66. The van der Waals surface area contributed by atoms with Crippen LogP contribution in [0.3, 0.4) is 0 Å². The summed E-state index contributed by atoms with van der Waals surface area (Å²) in [4.78, 5) is 13.2. The number of hydrogen-bond donors (Lipinski definition) is 1. The molecule has 2 atom stereocenters. The SMILES string of the molecule is NCCCN1CC2CC(C1=O)S2(=O)=O. The Kier molecular flexibility index (Phi) is 2.27. The van der Waals surface area contributed by atoms with E-state index in [0.29, 0.717) is 26.1 Å². The molecule has 0 spiro atoms. The largest absolute Gasteiger partial charge is 0.340 e. The minimum Gasteiger partial charge on any atom is -0.340 e. The van der Waals surface area contributed by atoms with Crippen molar-refractivity contribution in [1.82, 2.24) is 4.90 Å². The van der Waals surface area contributed by atoms with Crippen LogP contribution in [-0.4, -0.2) is 49.4 Å². The third-order valence-corrected chi connectivity index (χ3v) is 5.44. The van der Waals surface area contributed by atoms with Crippen LogP contribution in [0.15, 0.2) is 0 Å². The standard InChI is InChI=1S/C8H14N2O3S/c9-2-1-3-10-5-6-4-7(8(10)11)14(6,12)13/h6-7H,1-5,9H2. The van der Waals surface area contributed by atoms with Gasteiger partial charge < -0.3 is 10.6 Å². The minimum absolute atomic E-state index is 0.221. The van der Waals surface area contributed by atoms with Crippen molar-refractivity contribution in [2.24, 2.45) is 5.73 Å². The van der Waals surface area contributed by atoms with Crippen molar-refractivity contribution in [2.75, 3.05) is 19.6 Å². The van der Waals surface area contributed by atoms with E-state index < -0.39 is 15.1 Å². The van der Waals surface area contributed by atoms with Gasteiger partial charge in [0.25, 0.3) is 0 Å². The zero-order chi connectivity index (χ0) is 10.3. The first-order chi connectivity index (χ1) is 6.57. The van der Waals surface area contributed by atoms with Gasteiger partial charge in [0.2, 0.25) is 5.91 Å². The highest BCUT2D eigenvalue weighted by Gasteiger charge is 2.56. The van der Waals surface area contributed by atoms with E-state index in [1.807, 2.05) is 0 Å². The Morgan fingerprint density at radius 1 is 1.50 bits per heavy atom. The number of nitrogens with two attached hydrogens (primary N) is 1. The molecule has 3 aliphatic rings. The van der Waals surface area contributed by atoms with Gasteiger partial charge >= 0.3 is 0 Å². The summed E-state index contributed by atoms with van der Waals surface area (Å²) in [5.74, 6) is -0.221. The lowest BCUT2D eigenvalue weighted by atomic mass is 10.1. The van der Waals surface area contributed by atoms with Crippen molar-refractivity contribution < 1.29 is 13.2 Å². The fraction of sp³-hybridized carbons (Fsp3) is 0.875. The number of fused-ring (bicyclic) bond motifs is 2. The van der Waals surface area contributed by atoms with Gasteiger partial charge in [0.1, 0.15) is 5.25 Å². The second-order valence-electron chi connectivity index (χ2n) is 3.86. The molecule has 2 unspecified atom stereocenters. The van der Waals surface area contributed by atoms with Crippen LogP contribution in [0.2, 0.25) is 0 Å². The van der Waals surface area contributed by atoms with Crippen LogP contribution in [0.5, 0.6) is 0 Å². The third kappa shape index (κ3) is 1.25. The maximum Gasteiger partial charge on any atom is 0.241 e. The Balaban J connectivity index is 2.05. The monoisotopic (exact) mass is 218 g/mol. The van der Waals surface area contributed by atoms with Crippen LogP contribution >= 0.6 is 0 Å². The number of sulfone groups is 1. The molecule has 0 aromatic heterocycles. The smallest absolute Gasteiger partial charge is 0.241 e. The van der Waals surface area contributed by atoms with E-state index in [1.165, 1.54) is 0 Å². The van der Waals surface area contributed by atoms with E-state index in [2.05, 4.69) is 0 Å². The normalized spacial score (nSPS) is 34.1. The molecule has 3 saturated heterocycles. The van der Waals surface area contributed by atoms with E-state index in [1.54, 1.807) is 4.90 Å². The van der Waals surface area contributed by atoms with Crippen LogP contribution in [0, 0.1) is 0 Å². The van der Waals surface area contributed by atoms with Crippen molar-refractivity contribution in [1.29, 1.82) is 0 Å². The molecule has 2 N–H and O–H groups in total. The number of hydrogen-bond acceptors (Lipinski definition) is 4. The van der Waals surface area contributed by atoms with Gasteiger partial charge in [-0.05, 0) is 19.4 Å². The number of amides is 1. The van der Waals surface area contributed by atoms with Crippen LogP contribution in [0.1, 0.15) is 12.8 Å². The number of carbonyl (C=O) groups is 1. The van der Waals surface area contributed by atoms with Crippen LogP contribution in [0.25, 0.3) is 0 Å². The molecular formula is C8H14N2O3S. The zero-order valence-electron chi connectivity index (χ0n) is 7.85. The van der Waals surface area contributed by atoms with Gasteiger partial charge in [-0.15, -0.1) is 0 Å². The van der Waals surface area contributed by atoms with Crippen LogP contribution in [0.4, 0.5) is 0 Å². The fourth-order valence-corrected chi connectivity index (χ4v) is 3.95. The maximum absolute atomic E-state index is 11.6. The molecule has 3 fully saturated rings. The van der Waals surface area contributed by atoms with E-state index in [9.17, 15) is 13.2 Å². The summed E-state index contributed by atoms with van der Waals surface area (Å²) in [7, 11) is -3.09. The average molecular weight is 218 g/mol. The average Bonchev–Trinajstić information content (AvgIpc) is 2.15. The van der Waals surface area contributed by atoms with E-state index in [-0.39, 0.29) is 11.2 Å². The lowest BCUT2D eigenvalue weighted by Crippen LogP contribution is -2.65. The van der Waals surface area contributed by atoms with Gasteiger partial charge in [0.05, 0.1) is 5.25 Å². The lowest BCUT2D eigenvalue weighted by molar-refractivity contribution is -0.133. The van der Waals surface area contributed by atoms with Gasteiger partial charge in [-0.2, -0.15) is 0 Å². The molecule has 0 radical (unpaired) electrons. The molecule has 80 valence electrons. The first-order valence-corrected chi connectivity index (χ1v) is 6.40. The van der Waals surface area contributed by atoms with Gasteiger partial charge in [-0.25, -0.2) is 8.42 Å². The Bertz CT molecular complexity index is 352. The molecule has 3 heterocycles. The van der Waals surface area contributed by atoms with Crippen LogP contribution in [-0.2, 0) is 14.6 Å². The second kappa shape index (κ2) is 3.20. The topological polar surface area (TPSA) is 80.5 Å². The Hall–Kier alpha value is -0.620. The summed E-state index contributed by atoms with van der Waals surface area (Å²) in [5.41, 5.74) is 5.33.